The number of halogens is 3. The molecule has 0 heterocycles. The van der Waals surface area contributed by atoms with E-state index in [9.17, 15) is 13.2 Å². The second-order valence-electron chi connectivity index (χ2n) is 1.60. The van der Waals surface area contributed by atoms with E-state index in [4.69, 9.17) is 0 Å². The fourth-order valence-corrected chi connectivity index (χ4v) is 0.327. The fourth-order valence-electron chi connectivity index (χ4n) is 0.327. The molecular weight excluding hydrogens is 145 g/mol. The van der Waals surface area contributed by atoms with Gasteiger partial charge in [-0.1, -0.05) is 5.92 Å². The minimum atomic E-state index is -4.11. The number of hydrogen-bond acceptors (Lipinski definition) is 1. The molecule has 0 unspecified atom stereocenters. The fraction of sp³-hybridized carbons (Fsp3) is 0.667. The number of hydrogen-bond donors (Lipinski definition) is 0. The van der Waals surface area contributed by atoms with E-state index in [1.807, 2.05) is 0 Å². The average molecular weight is 152 g/mol. The quantitative estimate of drug-likeness (QED) is 0.521. The number of ether oxygens (including phenoxy) is 1. The van der Waals surface area contributed by atoms with Crippen LogP contribution >= 0.6 is 0 Å². The van der Waals surface area contributed by atoms with Crippen LogP contribution in [0.25, 0.3) is 0 Å². The van der Waals surface area contributed by atoms with Crippen LogP contribution in [0.15, 0.2) is 0 Å². The zero-order valence-corrected chi connectivity index (χ0v) is 5.46. The highest BCUT2D eigenvalue weighted by Gasteiger charge is 2.25. The summed E-state index contributed by atoms with van der Waals surface area (Å²) in [6.07, 6.45) is -3.11. The van der Waals surface area contributed by atoms with Crippen LogP contribution in [-0.4, -0.2) is 13.3 Å². The Hall–Kier alpha value is -0.850. The lowest BCUT2D eigenvalue weighted by Gasteiger charge is -2.00. The summed E-state index contributed by atoms with van der Waals surface area (Å²) in [5.41, 5.74) is 0. The van der Waals surface area contributed by atoms with Gasteiger partial charge in [-0.2, -0.15) is 13.2 Å². The van der Waals surface area contributed by atoms with Gasteiger partial charge < -0.3 is 4.74 Å². The lowest BCUT2D eigenvalue weighted by atomic mass is 10.3. The van der Waals surface area contributed by atoms with Crippen molar-refractivity contribution in [2.45, 2.75) is 19.0 Å². The molecule has 0 bridgehead atoms. The van der Waals surface area contributed by atoms with Gasteiger partial charge in [0.05, 0.1) is 13.5 Å². The molecule has 0 radical (unpaired) electrons. The molecule has 0 saturated carbocycles. The lowest BCUT2D eigenvalue weighted by molar-refractivity contribution is -0.133. The van der Waals surface area contributed by atoms with Crippen LogP contribution in [-0.2, 0) is 4.74 Å². The summed E-state index contributed by atoms with van der Waals surface area (Å²) in [5.74, 6) is 2.20. The van der Waals surface area contributed by atoms with Gasteiger partial charge in [0.15, 0.2) is 0 Å². The van der Waals surface area contributed by atoms with Crippen LogP contribution in [0.2, 0.25) is 0 Å². The summed E-state index contributed by atoms with van der Waals surface area (Å²) < 4.78 is 38.4. The molecule has 0 aliphatic heterocycles. The molecule has 1 nitrogen and oxygen atoms in total. The molecule has 0 aromatic rings. The molecule has 58 valence electrons. The van der Waals surface area contributed by atoms with Crippen LogP contribution in [0.3, 0.4) is 0 Å². The summed E-state index contributed by atoms with van der Waals surface area (Å²) in [6.45, 7) is 0. The van der Waals surface area contributed by atoms with Crippen molar-refractivity contribution in [3.8, 4) is 12.0 Å². The third-order valence-electron chi connectivity index (χ3n) is 0.708. The highest BCUT2D eigenvalue weighted by atomic mass is 19.4. The largest absolute Gasteiger partial charge is 0.450 e. The van der Waals surface area contributed by atoms with Crippen molar-refractivity contribution in [2.75, 3.05) is 7.11 Å². The van der Waals surface area contributed by atoms with Gasteiger partial charge in [0.2, 0.25) is 0 Å². The first-order valence-electron chi connectivity index (χ1n) is 2.64. The van der Waals surface area contributed by atoms with Crippen LogP contribution in [0.1, 0.15) is 12.8 Å². The van der Waals surface area contributed by atoms with Crippen molar-refractivity contribution in [1.82, 2.24) is 0 Å². The smallest absolute Gasteiger partial charge is 0.390 e. The third-order valence-corrected chi connectivity index (χ3v) is 0.708. The van der Waals surface area contributed by atoms with Crippen molar-refractivity contribution in [3.63, 3.8) is 0 Å². The van der Waals surface area contributed by atoms with Crippen molar-refractivity contribution in [1.29, 1.82) is 0 Å². The maximum absolute atomic E-state index is 11.4. The van der Waals surface area contributed by atoms with Crippen LogP contribution < -0.4 is 0 Å². The molecule has 0 aromatic heterocycles. The Balaban J connectivity index is 3.37. The third kappa shape index (κ3) is 7.15. The Morgan fingerprint density at radius 2 is 2.00 bits per heavy atom. The van der Waals surface area contributed by atoms with E-state index in [2.05, 4.69) is 16.8 Å². The van der Waals surface area contributed by atoms with Gasteiger partial charge in [0.25, 0.3) is 0 Å². The molecule has 0 rings (SSSR count). The maximum Gasteiger partial charge on any atom is 0.390 e. The number of alkyl halides is 3. The molecule has 0 spiro atoms. The van der Waals surface area contributed by atoms with Crippen LogP contribution in [0.4, 0.5) is 13.2 Å². The van der Waals surface area contributed by atoms with Gasteiger partial charge in [-0.05, 0) is 0 Å². The standard InChI is InChI=1S/C6H7F3O/c1-10-5-3-2-4-6(7,8)9/h2,4H2,1H3. The topological polar surface area (TPSA) is 9.23 Å². The summed E-state index contributed by atoms with van der Waals surface area (Å²) in [4.78, 5) is 0. The first kappa shape index (κ1) is 9.15. The van der Waals surface area contributed by atoms with E-state index in [0.717, 1.165) is 0 Å². The van der Waals surface area contributed by atoms with Gasteiger partial charge in [-0.15, -0.1) is 0 Å². The molecule has 0 aromatic carbocycles. The van der Waals surface area contributed by atoms with Crippen LogP contribution in [0.5, 0.6) is 0 Å². The molecule has 0 aliphatic carbocycles. The minimum absolute atomic E-state index is 0.197. The zero-order chi connectivity index (χ0) is 8.04. The Kier molecular flexibility index (Phi) is 3.70. The highest BCUT2D eigenvalue weighted by Crippen LogP contribution is 2.20. The molecule has 10 heavy (non-hydrogen) atoms. The van der Waals surface area contributed by atoms with E-state index >= 15 is 0 Å². The lowest BCUT2D eigenvalue weighted by Crippen LogP contribution is -2.05. The zero-order valence-electron chi connectivity index (χ0n) is 5.46. The van der Waals surface area contributed by atoms with Crippen LogP contribution in [0, 0.1) is 12.0 Å². The van der Waals surface area contributed by atoms with E-state index < -0.39 is 12.6 Å². The Labute approximate surface area is 57.2 Å². The monoisotopic (exact) mass is 152 g/mol. The summed E-state index contributed by atoms with van der Waals surface area (Å²) in [7, 11) is 1.31. The molecule has 4 heteroatoms. The summed E-state index contributed by atoms with van der Waals surface area (Å²) in [6, 6.07) is 0. The Morgan fingerprint density at radius 3 is 2.40 bits per heavy atom. The predicted molar refractivity (Wildman–Crippen MR) is 30.1 cm³/mol. The van der Waals surface area contributed by atoms with E-state index in [0.29, 0.717) is 0 Å². The van der Waals surface area contributed by atoms with E-state index in [1.165, 1.54) is 7.11 Å². The van der Waals surface area contributed by atoms with Crippen molar-refractivity contribution >= 4 is 0 Å². The number of rotatable bonds is 1. The average Bonchev–Trinajstić information content (AvgIpc) is 1.78. The van der Waals surface area contributed by atoms with Crippen molar-refractivity contribution in [2.24, 2.45) is 0 Å². The second-order valence-corrected chi connectivity index (χ2v) is 1.60. The SMILES string of the molecule is COC#CCCC(F)(F)F. The Morgan fingerprint density at radius 1 is 1.40 bits per heavy atom. The Bertz CT molecular complexity index is 139. The minimum Gasteiger partial charge on any atom is -0.450 e. The first-order valence-corrected chi connectivity index (χ1v) is 2.64. The molecular formula is C6H7F3O. The molecule has 0 aliphatic rings. The first-order chi connectivity index (χ1) is 4.56. The van der Waals surface area contributed by atoms with E-state index in [-0.39, 0.29) is 6.42 Å². The predicted octanol–water partition coefficient (Wildman–Crippen LogP) is 1.94. The van der Waals surface area contributed by atoms with Gasteiger partial charge >= 0.3 is 6.18 Å². The number of methoxy groups -OCH3 is 1. The highest BCUT2D eigenvalue weighted by molar-refractivity contribution is 4.91. The van der Waals surface area contributed by atoms with E-state index in [1.54, 1.807) is 0 Å². The molecule has 0 atom stereocenters. The summed E-state index contributed by atoms with van der Waals surface area (Å²) >= 11 is 0. The molecule has 0 saturated heterocycles. The van der Waals surface area contributed by atoms with Gasteiger partial charge in [-0.3, -0.25) is 0 Å². The molecule has 0 amide bonds. The van der Waals surface area contributed by atoms with Crippen molar-refractivity contribution < 1.29 is 17.9 Å². The van der Waals surface area contributed by atoms with Crippen molar-refractivity contribution in [3.05, 3.63) is 0 Å². The second kappa shape index (κ2) is 4.04. The molecule has 0 fully saturated rings. The summed E-state index contributed by atoms with van der Waals surface area (Å²) in [5, 5.41) is 0. The molecule has 0 N–H and O–H groups in total. The maximum atomic E-state index is 11.4. The van der Waals surface area contributed by atoms with Gasteiger partial charge in [-0.25, -0.2) is 0 Å². The van der Waals surface area contributed by atoms with Gasteiger partial charge in [0, 0.05) is 6.42 Å². The normalized spacial score (nSPS) is 10.0. The van der Waals surface area contributed by atoms with Gasteiger partial charge in [0.1, 0.15) is 6.11 Å².